The van der Waals surface area contributed by atoms with Crippen LogP contribution in [0.2, 0.25) is 0 Å². The smallest absolute Gasteiger partial charge is 0.130 e. The quantitative estimate of drug-likeness (QED) is 0.860. The van der Waals surface area contributed by atoms with Gasteiger partial charge < -0.3 is 5.11 Å². The fraction of sp³-hybridized carbons (Fsp3) is 0.0588. The van der Waals surface area contributed by atoms with E-state index >= 15 is 0 Å². The second-order valence-corrected chi connectivity index (χ2v) is 4.34. The molecular weight excluding hydrogens is 248 g/mol. The van der Waals surface area contributed by atoms with Crippen LogP contribution in [0.25, 0.3) is 6.08 Å². The molecule has 2 aromatic rings. The highest BCUT2D eigenvalue weighted by atomic mass is 16.3. The van der Waals surface area contributed by atoms with Crippen LogP contribution in [0, 0.1) is 22.7 Å². The van der Waals surface area contributed by atoms with Crippen molar-refractivity contribution in [3.05, 3.63) is 70.8 Å². The first-order valence-electron chi connectivity index (χ1n) is 6.10. The predicted octanol–water partition coefficient (Wildman–Crippen LogP) is 3.41. The average molecular weight is 260 g/mol. The van der Waals surface area contributed by atoms with Crippen LogP contribution < -0.4 is 0 Å². The number of nitriles is 2. The summed E-state index contributed by atoms with van der Waals surface area (Å²) in [6, 6.07) is 18.7. The van der Waals surface area contributed by atoms with Crippen LogP contribution in [0.5, 0.6) is 5.75 Å². The van der Waals surface area contributed by atoms with Crippen LogP contribution in [0.15, 0.2) is 54.1 Å². The van der Waals surface area contributed by atoms with Crippen molar-refractivity contribution in [2.24, 2.45) is 0 Å². The van der Waals surface area contributed by atoms with E-state index in [4.69, 9.17) is 10.5 Å². The Hall–Kier alpha value is -3.04. The minimum absolute atomic E-state index is 0.0304. The number of nitrogens with zero attached hydrogens (tertiary/aromatic N) is 2. The monoisotopic (exact) mass is 260 g/mol. The van der Waals surface area contributed by atoms with Gasteiger partial charge in [-0.1, -0.05) is 36.4 Å². The molecule has 0 fully saturated rings. The van der Waals surface area contributed by atoms with Gasteiger partial charge in [0, 0.05) is 5.56 Å². The fourth-order valence-electron chi connectivity index (χ4n) is 1.91. The zero-order chi connectivity index (χ0) is 14.4. The lowest BCUT2D eigenvalue weighted by molar-refractivity contribution is 0.474. The first-order chi connectivity index (χ1) is 9.72. The number of phenols is 1. The fourth-order valence-corrected chi connectivity index (χ4v) is 1.91. The molecule has 0 bridgehead atoms. The molecule has 0 amide bonds. The van der Waals surface area contributed by atoms with Crippen LogP contribution in [0.1, 0.15) is 16.7 Å². The summed E-state index contributed by atoms with van der Waals surface area (Å²) in [7, 11) is 0. The third-order valence-corrected chi connectivity index (χ3v) is 2.88. The highest BCUT2D eigenvalue weighted by molar-refractivity contribution is 5.66. The molecule has 0 aliphatic heterocycles. The van der Waals surface area contributed by atoms with Gasteiger partial charge in [0.05, 0.1) is 0 Å². The number of aromatic hydroxyl groups is 1. The van der Waals surface area contributed by atoms with Crippen molar-refractivity contribution >= 4 is 6.08 Å². The maximum atomic E-state index is 9.78. The zero-order valence-corrected chi connectivity index (χ0v) is 10.7. The third kappa shape index (κ3) is 3.25. The molecule has 96 valence electrons. The SMILES string of the molecule is N#CC(C#N)=Cc1cc(Cc2ccccc2)ccc1O. The summed E-state index contributed by atoms with van der Waals surface area (Å²) >= 11 is 0. The maximum absolute atomic E-state index is 9.78. The van der Waals surface area contributed by atoms with Crippen molar-refractivity contribution in [1.82, 2.24) is 0 Å². The van der Waals surface area contributed by atoms with Crippen LogP contribution in [0.3, 0.4) is 0 Å². The lowest BCUT2D eigenvalue weighted by Gasteiger charge is -2.05. The number of hydrogen-bond acceptors (Lipinski definition) is 3. The Labute approximate surface area is 117 Å². The van der Waals surface area contributed by atoms with E-state index in [0.29, 0.717) is 5.56 Å². The standard InChI is InChI=1S/C17H12N2O/c18-11-15(12-19)10-16-9-14(6-7-17(16)20)8-13-4-2-1-3-5-13/h1-7,9-10,20H,8H2. The normalized spacial score (nSPS) is 9.30. The molecule has 2 rings (SSSR count). The molecule has 20 heavy (non-hydrogen) atoms. The Morgan fingerprint density at radius 1 is 1.00 bits per heavy atom. The van der Waals surface area contributed by atoms with Gasteiger partial charge in [0.1, 0.15) is 23.5 Å². The lowest BCUT2D eigenvalue weighted by atomic mass is 10.0. The molecule has 0 aromatic heterocycles. The molecule has 3 heteroatoms. The summed E-state index contributed by atoms with van der Waals surface area (Å²) < 4.78 is 0. The molecule has 0 saturated heterocycles. The van der Waals surface area contributed by atoms with Crippen molar-refractivity contribution in [1.29, 1.82) is 10.5 Å². The summed E-state index contributed by atoms with van der Waals surface area (Å²) in [5, 5.41) is 27.3. The van der Waals surface area contributed by atoms with E-state index in [2.05, 4.69) is 0 Å². The van der Waals surface area contributed by atoms with Crippen LogP contribution in [-0.2, 0) is 6.42 Å². The van der Waals surface area contributed by atoms with E-state index in [1.807, 2.05) is 36.4 Å². The van der Waals surface area contributed by atoms with Gasteiger partial charge in [-0.3, -0.25) is 0 Å². The van der Waals surface area contributed by atoms with Gasteiger partial charge in [-0.25, -0.2) is 0 Å². The van der Waals surface area contributed by atoms with E-state index in [0.717, 1.165) is 17.5 Å². The first kappa shape index (κ1) is 13.4. The van der Waals surface area contributed by atoms with Gasteiger partial charge in [0.15, 0.2) is 0 Å². The highest BCUT2D eigenvalue weighted by Gasteiger charge is 2.03. The van der Waals surface area contributed by atoms with E-state index in [-0.39, 0.29) is 11.3 Å². The molecular formula is C17H12N2O. The second-order valence-electron chi connectivity index (χ2n) is 4.34. The summed E-state index contributed by atoms with van der Waals surface area (Å²) in [5.74, 6) is 0.0600. The highest BCUT2D eigenvalue weighted by Crippen LogP contribution is 2.22. The summed E-state index contributed by atoms with van der Waals surface area (Å²) in [4.78, 5) is 0. The van der Waals surface area contributed by atoms with Gasteiger partial charge in [-0.2, -0.15) is 10.5 Å². The van der Waals surface area contributed by atoms with Crippen LogP contribution in [-0.4, -0.2) is 5.11 Å². The topological polar surface area (TPSA) is 67.8 Å². The van der Waals surface area contributed by atoms with Crippen LogP contribution >= 0.6 is 0 Å². The van der Waals surface area contributed by atoms with Crippen molar-refractivity contribution in [2.45, 2.75) is 6.42 Å². The van der Waals surface area contributed by atoms with Crippen molar-refractivity contribution in [2.75, 3.05) is 0 Å². The first-order valence-corrected chi connectivity index (χ1v) is 6.10. The molecule has 0 spiro atoms. The molecule has 3 nitrogen and oxygen atoms in total. The van der Waals surface area contributed by atoms with Crippen LogP contribution in [0.4, 0.5) is 0 Å². The molecule has 0 aliphatic carbocycles. The van der Waals surface area contributed by atoms with Gasteiger partial charge in [0.2, 0.25) is 0 Å². The molecule has 0 atom stereocenters. The Balaban J connectivity index is 2.33. The Morgan fingerprint density at radius 2 is 1.70 bits per heavy atom. The van der Waals surface area contributed by atoms with Crippen molar-refractivity contribution in [3.63, 3.8) is 0 Å². The molecule has 0 saturated carbocycles. The predicted molar refractivity (Wildman–Crippen MR) is 76.6 cm³/mol. The van der Waals surface area contributed by atoms with Gasteiger partial charge in [0.25, 0.3) is 0 Å². The Kier molecular flexibility index (Phi) is 4.17. The minimum atomic E-state index is -0.0304. The minimum Gasteiger partial charge on any atom is -0.507 e. The summed E-state index contributed by atoms with van der Waals surface area (Å²) in [6.07, 6.45) is 2.13. The third-order valence-electron chi connectivity index (χ3n) is 2.88. The van der Waals surface area contributed by atoms with E-state index < -0.39 is 0 Å². The molecule has 2 aromatic carbocycles. The number of allylic oxidation sites excluding steroid dienone is 1. The van der Waals surface area contributed by atoms with E-state index in [9.17, 15) is 5.11 Å². The van der Waals surface area contributed by atoms with Gasteiger partial charge in [-0.15, -0.1) is 0 Å². The zero-order valence-electron chi connectivity index (χ0n) is 10.7. The number of phenolic OH excluding ortho intramolecular Hbond substituents is 1. The summed E-state index contributed by atoms with van der Waals surface area (Å²) in [5.41, 5.74) is 2.62. The molecule has 1 N–H and O–H groups in total. The Morgan fingerprint density at radius 3 is 2.35 bits per heavy atom. The largest absolute Gasteiger partial charge is 0.507 e. The molecule has 0 aliphatic rings. The number of rotatable bonds is 3. The van der Waals surface area contributed by atoms with E-state index in [1.165, 1.54) is 6.08 Å². The number of hydrogen-bond donors (Lipinski definition) is 1. The molecule has 0 unspecified atom stereocenters. The van der Waals surface area contributed by atoms with Crippen molar-refractivity contribution in [3.8, 4) is 17.9 Å². The lowest BCUT2D eigenvalue weighted by Crippen LogP contribution is -1.89. The van der Waals surface area contributed by atoms with Crippen molar-refractivity contribution < 1.29 is 5.11 Å². The maximum Gasteiger partial charge on any atom is 0.130 e. The summed E-state index contributed by atoms with van der Waals surface area (Å²) in [6.45, 7) is 0. The Bertz CT molecular complexity index is 703. The van der Waals surface area contributed by atoms with Gasteiger partial charge >= 0.3 is 0 Å². The average Bonchev–Trinajstić information content (AvgIpc) is 2.49. The number of benzene rings is 2. The van der Waals surface area contributed by atoms with E-state index in [1.54, 1.807) is 24.3 Å². The molecule has 0 heterocycles. The second kappa shape index (κ2) is 6.22. The molecule has 0 radical (unpaired) electrons. The van der Waals surface area contributed by atoms with Gasteiger partial charge in [-0.05, 0) is 35.8 Å².